The van der Waals surface area contributed by atoms with E-state index in [4.69, 9.17) is 21.0 Å². The van der Waals surface area contributed by atoms with Crippen molar-refractivity contribution in [2.45, 2.75) is 11.4 Å². The molecule has 0 radical (unpaired) electrons. The van der Waals surface area contributed by atoms with Gasteiger partial charge in [-0.2, -0.15) is 0 Å². The quantitative estimate of drug-likeness (QED) is 0.369. The molecule has 4 aromatic rings. The number of hydrogen-bond donors (Lipinski definition) is 0. The number of furan rings is 1. The number of thiazole rings is 1. The fourth-order valence-corrected chi connectivity index (χ4v) is 4.47. The first-order valence-corrected chi connectivity index (χ1v) is 10.6. The van der Waals surface area contributed by atoms with Gasteiger partial charge < -0.3 is 4.42 Å². The average Bonchev–Trinajstić information content (AvgIpc) is 3.35. The van der Waals surface area contributed by atoms with E-state index in [-0.39, 0.29) is 5.91 Å². The molecule has 1 amide bonds. The third kappa shape index (κ3) is 3.74. The van der Waals surface area contributed by atoms with Gasteiger partial charge in [0.05, 0.1) is 23.0 Å². The summed E-state index contributed by atoms with van der Waals surface area (Å²) in [5.41, 5.74) is 1.47. The van der Waals surface area contributed by atoms with Gasteiger partial charge in [0, 0.05) is 15.5 Å². The van der Waals surface area contributed by atoms with Gasteiger partial charge >= 0.3 is 0 Å². The van der Waals surface area contributed by atoms with Crippen LogP contribution in [-0.4, -0.2) is 17.1 Å². The van der Waals surface area contributed by atoms with E-state index in [1.165, 1.54) is 11.3 Å². The number of carbonyl (C=O) groups is 1. The van der Waals surface area contributed by atoms with Gasteiger partial charge in [-0.1, -0.05) is 29.0 Å². The average molecular weight is 415 g/mol. The van der Waals surface area contributed by atoms with Gasteiger partial charge in [-0.05, 0) is 54.8 Å². The predicted molar refractivity (Wildman–Crippen MR) is 112 cm³/mol. The highest BCUT2D eigenvalue weighted by Gasteiger charge is 2.23. The summed E-state index contributed by atoms with van der Waals surface area (Å²) < 4.78 is 6.51. The van der Waals surface area contributed by atoms with Crippen LogP contribution in [0.1, 0.15) is 16.1 Å². The van der Waals surface area contributed by atoms with Crippen LogP contribution in [0.5, 0.6) is 0 Å². The van der Waals surface area contributed by atoms with Gasteiger partial charge in [0.2, 0.25) is 0 Å². The minimum atomic E-state index is -0.146. The van der Waals surface area contributed by atoms with Crippen molar-refractivity contribution >= 4 is 56.0 Å². The van der Waals surface area contributed by atoms with E-state index in [1.54, 1.807) is 47.2 Å². The van der Waals surface area contributed by atoms with Gasteiger partial charge in [0.25, 0.3) is 5.91 Å². The lowest BCUT2D eigenvalue weighted by atomic mass is 10.2. The third-order valence-corrected chi connectivity index (χ3v) is 6.12. The summed E-state index contributed by atoms with van der Waals surface area (Å²) in [5.74, 6) is 0.550. The van der Waals surface area contributed by atoms with Crippen LogP contribution in [0.2, 0.25) is 5.02 Å². The van der Waals surface area contributed by atoms with Crippen molar-refractivity contribution in [3.63, 3.8) is 0 Å². The van der Waals surface area contributed by atoms with Crippen LogP contribution >= 0.6 is 34.7 Å². The molecule has 0 atom stereocenters. The molecule has 7 heteroatoms. The molecule has 0 fully saturated rings. The van der Waals surface area contributed by atoms with Gasteiger partial charge in [-0.25, -0.2) is 4.98 Å². The lowest BCUT2D eigenvalue weighted by molar-refractivity contribution is 0.0983. The molecule has 2 aromatic carbocycles. The molecule has 2 aromatic heterocycles. The van der Waals surface area contributed by atoms with Crippen LogP contribution in [0.4, 0.5) is 5.13 Å². The second kappa shape index (κ2) is 7.76. The monoisotopic (exact) mass is 414 g/mol. The van der Waals surface area contributed by atoms with Gasteiger partial charge in [-0.3, -0.25) is 9.69 Å². The lowest BCUT2D eigenvalue weighted by Gasteiger charge is -2.18. The standard InChI is InChI=1S/C20H15ClN2O2S2/c1-26-16-5-2-6-17-18(16)22-20(27-17)23(12-15-4-3-11-25-15)19(24)13-7-9-14(21)10-8-13/h2-11H,12H2,1H3. The second-order valence-electron chi connectivity index (χ2n) is 5.78. The maximum Gasteiger partial charge on any atom is 0.260 e. The van der Waals surface area contributed by atoms with Crippen molar-refractivity contribution in [1.29, 1.82) is 0 Å². The van der Waals surface area contributed by atoms with Crippen LogP contribution in [0.15, 0.2) is 70.2 Å². The molecule has 4 rings (SSSR count). The molecule has 0 saturated carbocycles. The van der Waals surface area contributed by atoms with Crippen LogP contribution in [0, 0.1) is 0 Å². The zero-order valence-electron chi connectivity index (χ0n) is 14.4. The molecule has 0 aliphatic rings. The number of carbonyl (C=O) groups excluding carboxylic acids is 1. The highest BCUT2D eigenvalue weighted by molar-refractivity contribution is 7.98. The Labute approximate surface area is 169 Å². The number of amides is 1. The minimum absolute atomic E-state index is 0.146. The first kappa shape index (κ1) is 18.1. The minimum Gasteiger partial charge on any atom is -0.467 e. The fraction of sp³-hybridized carbons (Fsp3) is 0.100. The Kier molecular flexibility index (Phi) is 5.20. The van der Waals surface area contributed by atoms with Crippen LogP contribution < -0.4 is 4.90 Å². The summed E-state index contributed by atoms with van der Waals surface area (Å²) >= 11 is 9.10. The molecule has 4 nitrogen and oxygen atoms in total. The molecule has 0 N–H and O–H groups in total. The van der Waals surface area contributed by atoms with E-state index in [2.05, 4.69) is 0 Å². The summed E-state index contributed by atoms with van der Waals surface area (Å²) in [5, 5.41) is 1.23. The van der Waals surface area contributed by atoms with Crippen molar-refractivity contribution in [1.82, 2.24) is 4.98 Å². The molecule has 0 aliphatic heterocycles. The fourth-order valence-electron chi connectivity index (χ4n) is 2.72. The highest BCUT2D eigenvalue weighted by atomic mass is 35.5. The molecular formula is C20H15ClN2O2S2. The third-order valence-electron chi connectivity index (χ3n) is 4.05. The molecule has 0 bridgehead atoms. The summed E-state index contributed by atoms with van der Waals surface area (Å²) in [6.07, 6.45) is 3.62. The molecule has 0 spiro atoms. The smallest absolute Gasteiger partial charge is 0.260 e. The number of para-hydroxylation sites is 1. The number of nitrogens with zero attached hydrogens (tertiary/aromatic N) is 2. The van der Waals surface area contributed by atoms with Crippen LogP contribution in [0.25, 0.3) is 10.2 Å². The molecule has 27 heavy (non-hydrogen) atoms. The maximum absolute atomic E-state index is 13.2. The number of benzene rings is 2. The second-order valence-corrected chi connectivity index (χ2v) is 8.07. The van der Waals surface area contributed by atoms with Crippen LogP contribution in [0.3, 0.4) is 0 Å². The number of fused-ring (bicyclic) bond motifs is 1. The largest absolute Gasteiger partial charge is 0.467 e. The number of rotatable bonds is 5. The number of hydrogen-bond acceptors (Lipinski definition) is 5. The van der Waals surface area contributed by atoms with E-state index >= 15 is 0 Å². The molecule has 0 aliphatic carbocycles. The summed E-state index contributed by atoms with van der Waals surface area (Å²) in [7, 11) is 0. The lowest BCUT2D eigenvalue weighted by Crippen LogP contribution is -2.30. The zero-order chi connectivity index (χ0) is 18.8. The Morgan fingerprint density at radius 3 is 2.70 bits per heavy atom. The van der Waals surface area contributed by atoms with E-state index < -0.39 is 0 Å². The Morgan fingerprint density at radius 2 is 2.00 bits per heavy atom. The Morgan fingerprint density at radius 1 is 1.19 bits per heavy atom. The van der Waals surface area contributed by atoms with E-state index in [9.17, 15) is 4.79 Å². The van der Waals surface area contributed by atoms with Gasteiger partial charge in [0.15, 0.2) is 5.13 Å². The summed E-state index contributed by atoms with van der Waals surface area (Å²) in [6, 6.07) is 16.6. The van der Waals surface area contributed by atoms with Crippen molar-refractivity contribution in [3.05, 3.63) is 77.2 Å². The number of anilines is 1. The van der Waals surface area contributed by atoms with Crippen molar-refractivity contribution in [2.24, 2.45) is 0 Å². The normalized spacial score (nSPS) is 11.0. The van der Waals surface area contributed by atoms with Crippen molar-refractivity contribution in [3.8, 4) is 0 Å². The number of thioether (sulfide) groups is 1. The van der Waals surface area contributed by atoms with E-state index in [0.717, 1.165) is 15.1 Å². The Hall–Kier alpha value is -2.28. The first-order chi connectivity index (χ1) is 13.2. The predicted octanol–water partition coefficient (Wildman–Crippen LogP) is 6.11. The van der Waals surface area contributed by atoms with Crippen molar-refractivity contribution in [2.75, 3.05) is 11.2 Å². The number of halogens is 1. The molecular weight excluding hydrogens is 400 g/mol. The van der Waals surface area contributed by atoms with Gasteiger partial charge in [-0.15, -0.1) is 11.8 Å². The maximum atomic E-state index is 13.2. The zero-order valence-corrected chi connectivity index (χ0v) is 16.8. The number of aromatic nitrogens is 1. The van der Waals surface area contributed by atoms with E-state index in [1.807, 2.05) is 36.6 Å². The first-order valence-electron chi connectivity index (χ1n) is 8.19. The molecule has 2 heterocycles. The molecule has 136 valence electrons. The SMILES string of the molecule is CSc1cccc2sc(N(Cc3ccco3)C(=O)c3ccc(Cl)cc3)nc12. The Balaban J connectivity index is 1.78. The molecule has 0 saturated heterocycles. The summed E-state index contributed by atoms with van der Waals surface area (Å²) in [6.45, 7) is 0.308. The molecule has 0 unspecified atom stereocenters. The van der Waals surface area contributed by atoms with Gasteiger partial charge in [0.1, 0.15) is 5.76 Å². The highest BCUT2D eigenvalue weighted by Crippen LogP contribution is 2.35. The van der Waals surface area contributed by atoms with Crippen LogP contribution in [-0.2, 0) is 6.54 Å². The van der Waals surface area contributed by atoms with E-state index in [0.29, 0.717) is 28.0 Å². The van der Waals surface area contributed by atoms with Crippen molar-refractivity contribution < 1.29 is 9.21 Å². The Bertz CT molecular complexity index is 1080. The summed E-state index contributed by atoms with van der Waals surface area (Å²) in [4.78, 5) is 20.7. The topological polar surface area (TPSA) is 46.3 Å².